The first kappa shape index (κ1) is 13.8. The Morgan fingerprint density at radius 3 is 1.81 bits per heavy atom. The Bertz CT molecular complexity index is 318. The Balaban J connectivity index is 3.07. The van der Waals surface area contributed by atoms with E-state index in [0.29, 0.717) is 0 Å². The molecule has 2 heteroatoms. The van der Waals surface area contributed by atoms with E-state index in [1.54, 1.807) is 0 Å². The summed E-state index contributed by atoms with van der Waals surface area (Å²) in [6.45, 7) is 11.3. The third kappa shape index (κ3) is 3.37. The van der Waals surface area contributed by atoms with Crippen LogP contribution in [-0.4, -0.2) is 13.1 Å². The molecule has 0 aliphatic rings. The van der Waals surface area contributed by atoms with Crippen molar-refractivity contribution in [3.8, 4) is 0 Å². The van der Waals surface area contributed by atoms with E-state index in [-0.39, 0.29) is 0 Å². The van der Waals surface area contributed by atoms with E-state index < -0.39 is 0 Å². The number of hydrogen-bond donors (Lipinski definition) is 0. The minimum Gasteiger partial charge on any atom is -0.371 e. The second-order valence-corrected chi connectivity index (χ2v) is 5.62. The number of halogens is 1. The first-order valence-corrected chi connectivity index (χ1v) is 7.19. The molecule has 1 aromatic carbocycles. The van der Waals surface area contributed by atoms with E-state index >= 15 is 0 Å². The molecule has 90 valence electrons. The van der Waals surface area contributed by atoms with Gasteiger partial charge in [-0.15, -0.1) is 0 Å². The van der Waals surface area contributed by atoms with Crippen LogP contribution >= 0.6 is 22.6 Å². The lowest BCUT2D eigenvalue weighted by molar-refractivity contribution is 0.740. The molecule has 1 rings (SSSR count). The molecule has 0 aliphatic carbocycles. The van der Waals surface area contributed by atoms with E-state index in [9.17, 15) is 0 Å². The van der Waals surface area contributed by atoms with E-state index in [1.165, 1.54) is 33.2 Å². The summed E-state index contributed by atoms with van der Waals surface area (Å²) in [6, 6.07) is 4.56. The maximum atomic E-state index is 2.53. The number of hydrogen-bond acceptors (Lipinski definition) is 1. The molecular formula is C14H22IN. The Kier molecular flexibility index (Phi) is 5.59. The molecule has 0 aromatic heterocycles. The molecule has 0 heterocycles. The van der Waals surface area contributed by atoms with Crippen LogP contribution in [0.15, 0.2) is 12.1 Å². The highest BCUT2D eigenvalue weighted by molar-refractivity contribution is 14.1. The van der Waals surface area contributed by atoms with Crippen LogP contribution in [0.25, 0.3) is 0 Å². The van der Waals surface area contributed by atoms with Crippen LogP contribution < -0.4 is 4.90 Å². The van der Waals surface area contributed by atoms with Crippen molar-refractivity contribution >= 4 is 28.3 Å². The lowest BCUT2D eigenvalue weighted by Crippen LogP contribution is -2.26. The number of benzene rings is 1. The number of nitrogens with zero attached hydrogens (tertiary/aromatic N) is 1. The molecule has 16 heavy (non-hydrogen) atoms. The van der Waals surface area contributed by atoms with Gasteiger partial charge in [0.15, 0.2) is 0 Å². The Morgan fingerprint density at radius 2 is 1.44 bits per heavy atom. The van der Waals surface area contributed by atoms with Gasteiger partial charge in [0.2, 0.25) is 0 Å². The molecule has 0 amide bonds. The Labute approximate surface area is 113 Å². The minimum absolute atomic E-state index is 1.16. The summed E-state index contributed by atoms with van der Waals surface area (Å²) >= 11 is 2.40. The largest absolute Gasteiger partial charge is 0.371 e. The van der Waals surface area contributed by atoms with Crippen molar-refractivity contribution < 1.29 is 0 Å². The standard InChI is InChI=1S/C14H22IN/c1-5-7-16(8-6-2)14-11(3)9-13(15)10-12(14)4/h9-10H,5-8H2,1-4H3. The molecule has 0 unspecified atom stereocenters. The van der Waals surface area contributed by atoms with Crippen molar-refractivity contribution in [2.75, 3.05) is 18.0 Å². The van der Waals surface area contributed by atoms with Crippen LogP contribution in [0.2, 0.25) is 0 Å². The smallest absolute Gasteiger partial charge is 0.0426 e. The lowest BCUT2D eigenvalue weighted by atomic mass is 10.1. The fourth-order valence-corrected chi connectivity index (χ4v) is 3.21. The van der Waals surface area contributed by atoms with Gasteiger partial charge in [-0.1, -0.05) is 13.8 Å². The molecule has 0 bridgehead atoms. The Hall–Kier alpha value is -0.250. The number of rotatable bonds is 5. The monoisotopic (exact) mass is 331 g/mol. The van der Waals surface area contributed by atoms with Gasteiger partial charge >= 0.3 is 0 Å². The number of aryl methyl sites for hydroxylation is 2. The highest BCUT2D eigenvalue weighted by Crippen LogP contribution is 2.27. The van der Waals surface area contributed by atoms with Crippen LogP contribution in [0, 0.1) is 17.4 Å². The number of anilines is 1. The molecule has 0 spiro atoms. The summed E-state index contributed by atoms with van der Waals surface area (Å²) in [4.78, 5) is 2.53. The summed E-state index contributed by atoms with van der Waals surface area (Å²) in [6.07, 6.45) is 2.43. The molecular weight excluding hydrogens is 309 g/mol. The van der Waals surface area contributed by atoms with E-state index in [2.05, 4.69) is 67.3 Å². The van der Waals surface area contributed by atoms with Gasteiger partial charge in [-0.3, -0.25) is 0 Å². The quantitative estimate of drug-likeness (QED) is 0.716. The zero-order chi connectivity index (χ0) is 12.1. The maximum absolute atomic E-state index is 2.53. The zero-order valence-corrected chi connectivity index (χ0v) is 13.0. The van der Waals surface area contributed by atoms with Crippen molar-refractivity contribution in [1.29, 1.82) is 0 Å². The summed E-state index contributed by atoms with van der Waals surface area (Å²) in [5, 5.41) is 0. The summed E-state index contributed by atoms with van der Waals surface area (Å²) < 4.78 is 1.34. The molecule has 0 saturated heterocycles. The topological polar surface area (TPSA) is 3.24 Å². The summed E-state index contributed by atoms with van der Waals surface area (Å²) in [5.41, 5.74) is 4.27. The zero-order valence-electron chi connectivity index (χ0n) is 10.8. The first-order valence-electron chi connectivity index (χ1n) is 6.11. The third-order valence-corrected chi connectivity index (χ3v) is 3.38. The van der Waals surface area contributed by atoms with Gasteiger partial charge in [-0.25, -0.2) is 0 Å². The summed E-state index contributed by atoms with van der Waals surface area (Å²) in [7, 11) is 0. The van der Waals surface area contributed by atoms with Crippen LogP contribution in [0.3, 0.4) is 0 Å². The van der Waals surface area contributed by atoms with Gasteiger partial charge in [-0.05, 0) is 72.5 Å². The van der Waals surface area contributed by atoms with E-state index in [1.807, 2.05) is 0 Å². The van der Waals surface area contributed by atoms with E-state index in [4.69, 9.17) is 0 Å². The molecule has 0 aliphatic heterocycles. The van der Waals surface area contributed by atoms with E-state index in [0.717, 1.165) is 13.1 Å². The fourth-order valence-electron chi connectivity index (χ4n) is 2.28. The molecule has 0 atom stereocenters. The van der Waals surface area contributed by atoms with Crippen molar-refractivity contribution in [3.63, 3.8) is 0 Å². The highest BCUT2D eigenvalue weighted by Gasteiger charge is 2.11. The average molecular weight is 331 g/mol. The van der Waals surface area contributed by atoms with Crippen molar-refractivity contribution in [1.82, 2.24) is 0 Å². The fraction of sp³-hybridized carbons (Fsp3) is 0.571. The molecule has 1 aromatic rings. The second-order valence-electron chi connectivity index (χ2n) is 4.38. The van der Waals surface area contributed by atoms with Gasteiger partial charge in [-0.2, -0.15) is 0 Å². The van der Waals surface area contributed by atoms with Crippen LogP contribution in [0.1, 0.15) is 37.8 Å². The van der Waals surface area contributed by atoms with Gasteiger partial charge < -0.3 is 4.90 Å². The maximum Gasteiger partial charge on any atom is 0.0426 e. The van der Waals surface area contributed by atoms with Gasteiger partial charge in [0.05, 0.1) is 0 Å². The van der Waals surface area contributed by atoms with Crippen molar-refractivity contribution in [2.45, 2.75) is 40.5 Å². The summed E-state index contributed by atoms with van der Waals surface area (Å²) in [5.74, 6) is 0. The minimum atomic E-state index is 1.16. The predicted octanol–water partition coefficient (Wildman–Crippen LogP) is 4.53. The van der Waals surface area contributed by atoms with Crippen molar-refractivity contribution in [3.05, 3.63) is 26.8 Å². The van der Waals surface area contributed by atoms with Crippen LogP contribution in [0.4, 0.5) is 5.69 Å². The molecule has 0 N–H and O–H groups in total. The van der Waals surface area contributed by atoms with Gasteiger partial charge in [0.1, 0.15) is 0 Å². The molecule has 0 radical (unpaired) electrons. The van der Waals surface area contributed by atoms with Gasteiger partial charge in [0, 0.05) is 22.3 Å². The lowest BCUT2D eigenvalue weighted by Gasteiger charge is -2.27. The normalized spacial score (nSPS) is 10.6. The van der Waals surface area contributed by atoms with Gasteiger partial charge in [0.25, 0.3) is 0 Å². The third-order valence-electron chi connectivity index (χ3n) is 2.76. The molecule has 1 nitrogen and oxygen atoms in total. The van der Waals surface area contributed by atoms with Crippen molar-refractivity contribution in [2.24, 2.45) is 0 Å². The first-order chi connectivity index (χ1) is 7.60. The SMILES string of the molecule is CCCN(CCC)c1c(C)cc(I)cc1C. The highest BCUT2D eigenvalue weighted by atomic mass is 127. The van der Waals surface area contributed by atoms with Crippen LogP contribution in [-0.2, 0) is 0 Å². The average Bonchev–Trinajstić information content (AvgIpc) is 2.16. The van der Waals surface area contributed by atoms with Crippen LogP contribution in [0.5, 0.6) is 0 Å². The molecule has 0 fully saturated rings. The Morgan fingerprint density at radius 1 is 1.00 bits per heavy atom. The predicted molar refractivity (Wildman–Crippen MR) is 81.4 cm³/mol. The second kappa shape index (κ2) is 6.48. The molecule has 0 saturated carbocycles.